The van der Waals surface area contributed by atoms with Gasteiger partial charge in [0.15, 0.2) is 0 Å². The summed E-state index contributed by atoms with van der Waals surface area (Å²) in [5, 5.41) is 3.22. The van der Waals surface area contributed by atoms with Crippen molar-refractivity contribution in [3.05, 3.63) is 48.2 Å². The summed E-state index contributed by atoms with van der Waals surface area (Å²) in [5.74, 6) is 1.05. The fraction of sp³-hybridized carbons (Fsp3) is 0.286. The van der Waals surface area contributed by atoms with Gasteiger partial charge in [0.2, 0.25) is 5.95 Å². The maximum Gasteiger partial charge on any atom is 0.224 e. The standard InChI is InChI=1S/C14H18N4/c1-14(2,11-6-4-3-5-7-11)10-17-13-16-9-8-12(15)18-13/h3-9H,10H2,1-2H3,(H3,15,16,17,18). The van der Waals surface area contributed by atoms with E-state index in [-0.39, 0.29) is 5.41 Å². The summed E-state index contributed by atoms with van der Waals surface area (Å²) < 4.78 is 0. The molecule has 0 saturated heterocycles. The summed E-state index contributed by atoms with van der Waals surface area (Å²) in [6.45, 7) is 5.11. The molecular weight excluding hydrogens is 224 g/mol. The van der Waals surface area contributed by atoms with E-state index in [1.54, 1.807) is 12.3 Å². The van der Waals surface area contributed by atoms with E-state index in [1.807, 2.05) is 18.2 Å². The molecule has 1 aromatic carbocycles. The van der Waals surface area contributed by atoms with Crippen LogP contribution in [0.1, 0.15) is 19.4 Å². The second kappa shape index (κ2) is 5.04. The van der Waals surface area contributed by atoms with E-state index < -0.39 is 0 Å². The van der Waals surface area contributed by atoms with Crippen LogP contribution in [-0.4, -0.2) is 16.5 Å². The lowest BCUT2D eigenvalue weighted by Crippen LogP contribution is -2.28. The van der Waals surface area contributed by atoms with Gasteiger partial charge < -0.3 is 11.1 Å². The van der Waals surface area contributed by atoms with Crippen LogP contribution in [0, 0.1) is 0 Å². The molecule has 3 N–H and O–H groups in total. The van der Waals surface area contributed by atoms with Gasteiger partial charge in [0, 0.05) is 18.2 Å². The minimum absolute atomic E-state index is 0.00915. The monoisotopic (exact) mass is 242 g/mol. The summed E-state index contributed by atoms with van der Waals surface area (Å²) in [4.78, 5) is 8.26. The SMILES string of the molecule is CC(C)(CNc1nccc(N)n1)c1ccccc1. The Bertz CT molecular complexity index is 508. The Hall–Kier alpha value is -2.10. The molecule has 4 heteroatoms. The van der Waals surface area contributed by atoms with Crippen molar-refractivity contribution in [2.24, 2.45) is 0 Å². The lowest BCUT2D eigenvalue weighted by Gasteiger charge is -2.25. The molecule has 0 aliphatic rings. The smallest absolute Gasteiger partial charge is 0.224 e. The Morgan fingerprint density at radius 3 is 2.56 bits per heavy atom. The predicted molar refractivity (Wildman–Crippen MR) is 74.4 cm³/mol. The Kier molecular flexibility index (Phi) is 3.46. The predicted octanol–water partition coefficient (Wildman–Crippen LogP) is 2.45. The van der Waals surface area contributed by atoms with Gasteiger partial charge in [-0.1, -0.05) is 44.2 Å². The molecule has 0 fully saturated rings. The quantitative estimate of drug-likeness (QED) is 0.864. The van der Waals surface area contributed by atoms with Gasteiger partial charge in [-0.3, -0.25) is 0 Å². The fourth-order valence-corrected chi connectivity index (χ4v) is 1.75. The third-order valence-electron chi connectivity index (χ3n) is 2.92. The van der Waals surface area contributed by atoms with E-state index in [1.165, 1.54) is 5.56 Å². The molecule has 0 aliphatic carbocycles. The van der Waals surface area contributed by atoms with Gasteiger partial charge in [-0.2, -0.15) is 4.98 Å². The lowest BCUT2D eigenvalue weighted by molar-refractivity contribution is 0.555. The normalized spacial score (nSPS) is 11.2. The summed E-state index contributed by atoms with van der Waals surface area (Å²) >= 11 is 0. The first kappa shape index (κ1) is 12.4. The van der Waals surface area contributed by atoms with Gasteiger partial charge >= 0.3 is 0 Å². The van der Waals surface area contributed by atoms with Crippen molar-refractivity contribution in [2.45, 2.75) is 19.3 Å². The Morgan fingerprint density at radius 1 is 1.17 bits per heavy atom. The number of hydrogen-bond donors (Lipinski definition) is 2. The number of nitrogen functional groups attached to an aromatic ring is 1. The number of rotatable bonds is 4. The summed E-state index contributed by atoms with van der Waals surface area (Å²) in [7, 11) is 0. The van der Waals surface area contributed by atoms with E-state index in [9.17, 15) is 0 Å². The molecule has 2 rings (SSSR count). The number of nitrogens with zero attached hydrogens (tertiary/aromatic N) is 2. The molecule has 0 aliphatic heterocycles. The first-order valence-electron chi connectivity index (χ1n) is 5.96. The number of benzene rings is 1. The summed E-state index contributed by atoms with van der Waals surface area (Å²) in [6.07, 6.45) is 1.65. The van der Waals surface area contributed by atoms with E-state index in [0.29, 0.717) is 11.8 Å². The van der Waals surface area contributed by atoms with Crippen LogP contribution >= 0.6 is 0 Å². The molecule has 0 unspecified atom stereocenters. The molecule has 0 atom stereocenters. The highest BCUT2D eigenvalue weighted by atomic mass is 15.1. The van der Waals surface area contributed by atoms with Crippen molar-refractivity contribution < 1.29 is 0 Å². The summed E-state index contributed by atoms with van der Waals surface area (Å²) in [6, 6.07) is 12.0. The van der Waals surface area contributed by atoms with Crippen molar-refractivity contribution in [1.29, 1.82) is 0 Å². The lowest BCUT2D eigenvalue weighted by atomic mass is 9.85. The zero-order valence-electron chi connectivity index (χ0n) is 10.7. The van der Waals surface area contributed by atoms with E-state index in [4.69, 9.17) is 5.73 Å². The second-order valence-electron chi connectivity index (χ2n) is 4.91. The minimum Gasteiger partial charge on any atom is -0.384 e. The molecule has 1 heterocycles. The molecular formula is C14H18N4. The van der Waals surface area contributed by atoms with Crippen LogP contribution in [0.2, 0.25) is 0 Å². The molecule has 4 nitrogen and oxygen atoms in total. The van der Waals surface area contributed by atoms with Crippen LogP contribution in [0.4, 0.5) is 11.8 Å². The average Bonchev–Trinajstić information content (AvgIpc) is 2.38. The van der Waals surface area contributed by atoms with Crippen molar-refractivity contribution in [2.75, 3.05) is 17.6 Å². The topological polar surface area (TPSA) is 63.8 Å². The van der Waals surface area contributed by atoms with Crippen molar-refractivity contribution in [3.8, 4) is 0 Å². The van der Waals surface area contributed by atoms with Crippen molar-refractivity contribution in [1.82, 2.24) is 9.97 Å². The molecule has 0 saturated carbocycles. The number of nitrogens with one attached hydrogen (secondary N) is 1. The highest BCUT2D eigenvalue weighted by Gasteiger charge is 2.20. The molecule has 0 spiro atoms. The number of anilines is 2. The number of nitrogens with two attached hydrogens (primary N) is 1. The fourth-order valence-electron chi connectivity index (χ4n) is 1.75. The summed E-state index contributed by atoms with van der Waals surface area (Å²) in [5.41, 5.74) is 6.91. The zero-order valence-corrected chi connectivity index (χ0v) is 10.7. The van der Waals surface area contributed by atoms with E-state index in [0.717, 1.165) is 6.54 Å². The van der Waals surface area contributed by atoms with Gasteiger partial charge in [-0.25, -0.2) is 4.98 Å². The third-order valence-corrected chi connectivity index (χ3v) is 2.92. The molecule has 2 aromatic rings. The van der Waals surface area contributed by atoms with Gasteiger partial charge in [-0.05, 0) is 11.6 Å². The first-order valence-corrected chi connectivity index (χ1v) is 5.96. The molecule has 18 heavy (non-hydrogen) atoms. The molecule has 0 radical (unpaired) electrons. The highest BCUT2D eigenvalue weighted by Crippen LogP contribution is 2.22. The maximum atomic E-state index is 5.62. The van der Waals surface area contributed by atoms with Gasteiger partial charge in [0.1, 0.15) is 5.82 Å². The third kappa shape index (κ3) is 2.97. The van der Waals surface area contributed by atoms with E-state index in [2.05, 4.69) is 41.3 Å². The van der Waals surface area contributed by atoms with Gasteiger partial charge in [0.25, 0.3) is 0 Å². The molecule has 0 amide bonds. The van der Waals surface area contributed by atoms with Crippen LogP contribution in [0.25, 0.3) is 0 Å². The molecule has 1 aromatic heterocycles. The van der Waals surface area contributed by atoms with Gasteiger partial charge in [0.05, 0.1) is 0 Å². The molecule has 94 valence electrons. The Labute approximate surface area is 107 Å². The number of hydrogen-bond acceptors (Lipinski definition) is 4. The average molecular weight is 242 g/mol. The van der Waals surface area contributed by atoms with Crippen LogP contribution in [0.15, 0.2) is 42.6 Å². The first-order chi connectivity index (χ1) is 8.58. The second-order valence-corrected chi connectivity index (χ2v) is 4.91. The maximum absolute atomic E-state index is 5.62. The van der Waals surface area contributed by atoms with Crippen LogP contribution < -0.4 is 11.1 Å². The highest BCUT2D eigenvalue weighted by molar-refractivity contribution is 5.36. The van der Waals surface area contributed by atoms with Crippen molar-refractivity contribution in [3.63, 3.8) is 0 Å². The number of aromatic nitrogens is 2. The molecule has 0 bridgehead atoms. The zero-order chi connectivity index (χ0) is 13.0. The van der Waals surface area contributed by atoms with Gasteiger partial charge in [-0.15, -0.1) is 0 Å². The van der Waals surface area contributed by atoms with Crippen LogP contribution in [-0.2, 0) is 5.41 Å². The Morgan fingerprint density at radius 2 is 1.89 bits per heavy atom. The van der Waals surface area contributed by atoms with Crippen LogP contribution in [0.3, 0.4) is 0 Å². The van der Waals surface area contributed by atoms with Crippen molar-refractivity contribution >= 4 is 11.8 Å². The largest absolute Gasteiger partial charge is 0.384 e. The Balaban J connectivity index is 2.05. The van der Waals surface area contributed by atoms with E-state index >= 15 is 0 Å². The minimum atomic E-state index is 0.00915. The van der Waals surface area contributed by atoms with Crippen LogP contribution in [0.5, 0.6) is 0 Å².